The van der Waals surface area contributed by atoms with Gasteiger partial charge in [-0.2, -0.15) is 0 Å². The maximum absolute atomic E-state index is 3.56. The van der Waals surface area contributed by atoms with Gasteiger partial charge >= 0.3 is 0 Å². The first-order chi connectivity index (χ1) is 8.29. The highest BCUT2D eigenvalue weighted by atomic mass is 79.9. The predicted octanol–water partition coefficient (Wildman–Crippen LogP) is 4.68. The molecule has 1 aliphatic carbocycles. The van der Waals surface area contributed by atoms with E-state index in [1.54, 1.807) is 0 Å². The molecule has 0 bridgehead atoms. The second-order valence-corrected chi connectivity index (χ2v) is 6.05. The van der Waals surface area contributed by atoms with Crippen molar-refractivity contribution in [1.82, 2.24) is 5.32 Å². The first-order valence-corrected chi connectivity index (χ1v) is 7.51. The first kappa shape index (κ1) is 13.1. The Balaban J connectivity index is 2.00. The lowest BCUT2D eigenvalue weighted by Crippen LogP contribution is -2.21. The summed E-state index contributed by atoms with van der Waals surface area (Å²) in [6.45, 7) is 0. The molecule has 1 fully saturated rings. The third kappa shape index (κ3) is 3.82. The molecule has 0 amide bonds. The van der Waals surface area contributed by atoms with Crippen LogP contribution in [0.5, 0.6) is 0 Å². The van der Waals surface area contributed by atoms with Crippen molar-refractivity contribution in [2.75, 3.05) is 7.05 Å². The molecule has 1 aliphatic rings. The van der Waals surface area contributed by atoms with E-state index >= 15 is 0 Å². The summed E-state index contributed by atoms with van der Waals surface area (Å²) in [6.07, 6.45) is 8.43. The van der Waals surface area contributed by atoms with Crippen LogP contribution in [0.2, 0.25) is 0 Å². The Morgan fingerprint density at radius 1 is 1.29 bits per heavy atom. The van der Waals surface area contributed by atoms with E-state index in [1.165, 1.54) is 48.6 Å². The summed E-state index contributed by atoms with van der Waals surface area (Å²) in [7, 11) is 2.08. The van der Waals surface area contributed by atoms with Gasteiger partial charge in [-0.25, -0.2) is 0 Å². The zero-order valence-corrected chi connectivity index (χ0v) is 12.2. The average molecular weight is 296 g/mol. The zero-order valence-electron chi connectivity index (χ0n) is 10.6. The van der Waals surface area contributed by atoms with Crippen LogP contribution in [0.4, 0.5) is 0 Å². The van der Waals surface area contributed by atoms with Crippen LogP contribution in [0.25, 0.3) is 0 Å². The second kappa shape index (κ2) is 6.55. The maximum atomic E-state index is 3.56. The molecule has 0 spiro atoms. The number of benzene rings is 1. The molecule has 0 heterocycles. The number of nitrogens with one attached hydrogen (secondary N) is 1. The molecule has 1 unspecified atom stereocenters. The predicted molar refractivity (Wildman–Crippen MR) is 77.1 cm³/mol. The fourth-order valence-electron chi connectivity index (χ4n) is 2.90. The van der Waals surface area contributed by atoms with Gasteiger partial charge in [-0.05, 0) is 37.1 Å². The van der Waals surface area contributed by atoms with Crippen LogP contribution in [-0.2, 0) is 0 Å². The molecule has 2 heteroatoms. The molecule has 0 aliphatic heterocycles. The summed E-state index contributed by atoms with van der Waals surface area (Å²) < 4.78 is 1.18. The highest BCUT2D eigenvalue weighted by Gasteiger charge is 2.19. The minimum absolute atomic E-state index is 0.510. The molecule has 17 heavy (non-hydrogen) atoms. The normalized spacial score (nSPS) is 19.2. The van der Waals surface area contributed by atoms with Crippen LogP contribution in [0.3, 0.4) is 0 Å². The van der Waals surface area contributed by atoms with Crippen molar-refractivity contribution < 1.29 is 0 Å². The van der Waals surface area contributed by atoms with Gasteiger partial charge in [0, 0.05) is 10.5 Å². The molecule has 2 rings (SSSR count). The lowest BCUT2D eigenvalue weighted by molar-refractivity contribution is 0.306. The minimum atomic E-state index is 0.510. The summed E-state index contributed by atoms with van der Waals surface area (Å²) >= 11 is 3.56. The molecular weight excluding hydrogens is 274 g/mol. The molecule has 1 aromatic rings. The molecule has 1 saturated carbocycles. The van der Waals surface area contributed by atoms with E-state index in [9.17, 15) is 0 Å². The van der Waals surface area contributed by atoms with Gasteiger partial charge in [0.1, 0.15) is 0 Å². The Kier molecular flexibility index (Phi) is 5.05. The number of hydrogen-bond acceptors (Lipinski definition) is 1. The van der Waals surface area contributed by atoms with Crippen molar-refractivity contribution in [2.24, 2.45) is 5.92 Å². The third-order valence-corrected chi connectivity index (χ3v) is 4.39. The Hall–Kier alpha value is -0.340. The van der Waals surface area contributed by atoms with E-state index in [0.717, 1.165) is 5.92 Å². The van der Waals surface area contributed by atoms with E-state index in [1.807, 2.05) is 0 Å². The molecule has 0 saturated heterocycles. The van der Waals surface area contributed by atoms with Crippen molar-refractivity contribution in [3.63, 3.8) is 0 Å². The summed E-state index contributed by atoms with van der Waals surface area (Å²) in [5.74, 6) is 0.917. The van der Waals surface area contributed by atoms with Crippen molar-refractivity contribution in [1.29, 1.82) is 0 Å². The molecule has 0 aromatic heterocycles. The highest BCUT2D eigenvalue weighted by Crippen LogP contribution is 2.32. The molecular formula is C15H22BrN. The van der Waals surface area contributed by atoms with E-state index < -0.39 is 0 Å². The Morgan fingerprint density at radius 3 is 2.71 bits per heavy atom. The van der Waals surface area contributed by atoms with Gasteiger partial charge in [-0.15, -0.1) is 0 Å². The summed E-state index contributed by atoms with van der Waals surface area (Å²) in [6, 6.07) is 9.20. The average Bonchev–Trinajstić information content (AvgIpc) is 2.37. The Morgan fingerprint density at radius 2 is 2.06 bits per heavy atom. The van der Waals surface area contributed by atoms with Crippen LogP contribution in [0.1, 0.15) is 50.1 Å². The summed E-state index contributed by atoms with van der Waals surface area (Å²) in [5.41, 5.74) is 1.41. The van der Waals surface area contributed by atoms with Gasteiger partial charge in [0.25, 0.3) is 0 Å². The summed E-state index contributed by atoms with van der Waals surface area (Å²) in [4.78, 5) is 0. The number of rotatable bonds is 4. The smallest absolute Gasteiger partial charge is 0.0320 e. The van der Waals surface area contributed by atoms with E-state index in [0.29, 0.717) is 6.04 Å². The molecule has 1 N–H and O–H groups in total. The van der Waals surface area contributed by atoms with Gasteiger partial charge in [-0.1, -0.05) is 60.2 Å². The fourth-order valence-corrected chi connectivity index (χ4v) is 3.32. The highest BCUT2D eigenvalue weighted by molar-refractivity contribution is 9.10. The van der Waals surface area contributed by atoms with Crippen molar-refractivity contribution in [3.05, 3.63) is 34.3 Å². The zero-order chi connectivity index (χ0) is 12.1. The van der Waals surface area contributed by atoms with E-state index in [4.69, 9.17) is 0 Å². The van der Waals surface area contributed by atoms with Gasteiger partial charge < -0.3 is 5.32 Å². The van der Waals surface area contributed by atoms with E-state index in [-0.39, 0.29) is 0 Å². The van der Waals surface area contributed by atoms with Crippen LogP contribution >= 0.6 is 15.9 Å². The number of hydrogen-bond donors (Lipinski definition) is 1. The lowest BCUT2D eigenvalue weighted by atomic mass is 9.83. The van der Waals surface area contributed by atoms with Gasteiger partial charge in [0.15, 0.2) is 0 Å². The molecule has 94 valence electrons. The standard InChI is InChI=1S/C15H22BrN/c1-17-15(10-12-6-3-2-4-7-12)13-8-5-9-14(16)11-13/h5,8-9,11-12,15,17H,2-4,6-7,10H2,1H3. The Bertz CT molecular complexity index is 345. The lowest BCUT2D eigenvalue weighted by Gasteiger charge is -2.26. The molecule has 1 aromatic carbocycles. The third-order valence-electron chi connectivity index (χ3n) is 3.89. The SMILES string of the molecule is CNC(CC1CCCCC1)c1cccc(Br)c1. The van der Waals surface area contributed by atoms with Gasteiger partial charge in [0.2, 0.25) is 0 Å². The van der Waals surface area contributed by atoms with Crippen molar-refractivity contribution >= 4 is 15.9 Å². The molecule has 1 nitrogen and oxygen atoms in total. The minimum Gasteiger partial charge on any atom is -0.313 e. The fraction of sp³-hybridized carbons (Fsp3) is 0.600. The van der Waals surface area contributed by atoms with Crippen molar-refractivity contribution in [3.8, 4) is 0 Å². The topological polar surface area (TPSA) is 12.0 Å². The largest absolute Gasteiger partial charge is 0.313 e. The Labute approximate surface area is 113 Å². The van der Waals surface area contributed by atoms with Crippen molar-refractivity contribution in [2.45, 2.75) is 44.6 Å². The quantitative estimate of drug-likeness (QED) is 0.850. The maximum Gasteiger partial charge on any atom is 0.0320 e. The van der Waals surface area contributed by atoms with Crippen LogP contribution < -0.4 is 5.32 Å². The van der Waals surface area contributed by atoms with Crippen LogP contribution in [-0.4, -0.2) is 7.05 Å². The molecule has 0 radical (unpaired) electrons. The first-order valence-electron chi connectivity index (χ1n) is 6.72. The monoisotopic (exact) mass is 295 g/mol. The van der Waals surface area contributed by atoms with Crippen LogP contribution in [0.15, 0.2) is 28.7 Å². The molecule has 1 atom stereocenters. The van der Waals surface area contributed by atoms with E-state index in [2.05, 4.69) is 52.6 Å². The second-order valence-electron chi connectivity index (χ2n) is 5.14. The number of halogens is 1. The van der Waals surface area contributed by atoms with Gasteiger partial charge in [0.05, 0.1) is 0 Å². The van der Waals surface area contributed by atoms with Crippen LogP contribution in [0, 0.1) is 5.92 Å². The van der Waals surface area contributed by atoms with Gasteiger partial charge in [-0.3, -0.25) is 0 Å². The summed E-state index contributed by atoms with van der Waals surface area (Å²) in [5, 5.41) is 3.47.